The van der Waals surface area contributed by atoms with Gasteiger partial charge in [0.1, 0.15) is 0 Å². The zero-order chi connectivity index (χ0) is 29.9. The molecule has 4 heterocycles. The van der Waals surface area contributed by atoms with Gasteiger partial charge in [0.2, 0.25) is 0 Å². The standard InChI is InChI=1S/C8H16.2C7H14O.2C6H12O2/c1-7-3-5-8(2)6-4-7;2*1-6-3-4-7(2)8-5-6;2*1-5-3-7-6(2)8-4-5/h7-8H,3-6H2,1-2H3;2*6-7H,3-5H2,1-2H3;2*5-6H,3-4H2,1-2H3. The molecule has 1 saturated carbocycles. The van der Waals surface area contributed by atoms with Crippen molar-refractivity contribution < 1.29 is 28.4 Å². The van der Waals surface area contributed by atoms with E-state index >= 15 is 0 Å². The Kier molecular flexibility index (Phi) is 21.1. The fourth-order valence-corrected chi connectivity index (χ4v) is 4.85. The van der Waals surface area contributed by atoms with Crippen molar-refractivity contribution in [2.24, 2.45) is 35.5 Å². The van der Waals surface area contributed by atoms with Gasteiger partial charge >= 0.3 is 0 Å². The van der Waals surface area contributed by atoms with Crippen molar-refractivity contribution in [2.45, 2.75) is 145 Å². The van der Waals surface area contributed by atoms with Gasteiger partial charge in [0, 0.05) is 25.0 Å². The molecule has 0 aromatic carbocycles. The van der Waals surface area contributed by atoms with Gasteiger partial charge in [0.15, 0.2) is 12.6 Å². The maximum absolute atomic E-state index is 5.39. The fraction of sp³-hybridized carbons (Fsp3) is 1.00. The highest BCUT2D eigenvalue weighted by Gasteiger charge is 2.16. The van der Waals surface area contributed by atoms with Crippen LogP contribution in [0.15, 0.2) is 0 Å². The van der Waals surface area contributed by atoms with Crippen LogP contribution >= 0.6 is 0 Å². The van der Waals surface area contributed by atoms with Crippen LogP contribution in [0.4, 0.5) is 0 Å². The van der Waals surface area contributed by atoms with E-state index in [4.69, 9.17) is 28.4 Å². The molecular weight excluding hydrogens is 504 g/mol. The van der Waals surface area contributed by atoms with Crippen LogP contribution in [0.1, 0.15) is 121 Å². The first-order valence-electron chi connectivity index (χ1n) is 16.6. The predicted molar refractivity (Wildman–Crippen MR) is 165 cm³/mol. The van der Waals surface area contributed by atoms with Gasteiger partial charge in [-0.15, -0.1) is 0 Å². The third-order valence-electron chi connectivity index (χ3n) is 8.23. The molecule has 4 atom stereocenters. The van der Waals surface area contributed by atoms with Crippen LogP contribution in [-0.4, -0.2) is 64.4 Å². The zero-order valence-electron chi connectivity index (χ0n) is 28.1. The van der Waals surface area contributed by atoms with Gasteiger partial charge in [0.05, 0.1) is 38.6 Å². The minimum absolute atomic E-state index is 0.0196. The van der Waals surface area contributed by atoms with E-state index in [1.54, 1.807) is 0 Å². The number of rotatable bonds is 0. The van der Waals surface area contributed by atoms with Crippen LogP contribution in [0.3, 0.4) is 0 Å². The van der Waals surface area contributed by atoms with Gasteiger partial charge in [-0.05, 0) is 77.0 Å². The molecule has 4 unspecified atom stereocenters. The lowest BCUT2D eigenvalue weighted by atomic mass is 9.84. The summed E-state index contributed by atoms with van der Waals surface area (Å²) in [5.74, 6) is 4.78. The van der Waals surface area contributed by atoms with Gasteiger partial charge in [-0.2, -0.15) is 0 Å². The minimum Gasteiger partial charge on any atom is -0.378 e. The Hall–Kier alpha value is -0.240. The quantitative estimate of drug-likeness (QED) is 0.290. The summed E-state index contributed by atoms with van der Waals surface area (Å²) in [6, 6.07) is 0. The van der Waals surface area contributed by atoms with Crippen molar-refractivity contribution in [3.8, 4) is 0 Å². The summed E-state index contributed by atoms with van der Waals surface area (Å²) in [6.45, 7) is 26.9. The van der Waals surface area contributed by atoms with Gasteiger partial charge in [-0.25, -0.2) is 0 Å². The lowest BCUT2D eigenvalue weighted by Crippen LogP contribution is -2.27. The topological polar surface area (TPSA) is 55.4 Å². The molecule has 5 aliphatic rings. The zero-order valence-corrected chi connectivity index (χ0v) is 28.1. The maximum atomic E-state index is 5.39. The van der Waals surface area contributed by atoms with Crippen LogP contribution in [0.5, 0.6) is 0 Å². The molecule has 0 spiro atoms. The van der Waals surface area contributed by atoms with E-state index in [1.807, 2.05) is 13.8 Å². The second kappa shape index (κ2) is 22.3. The smallest absolute Gasteiger partial charge is 0.154 e. The second-order valence-corrected chi connectivity index (χ2v) is 13.7. The molecule has 240 valence electrons. The fourth-order valence-electron chi connectivity index (χ4n) is 4.85. The molecule has 0 bridgehead atoms. The van der Waals surface area contributed by atoms with Gasteiger partial charge in [-0.3, -0.25) is 0 Å². The van der Waals surface area contributed by atoms with Crippen molar-refractivity contribution in [1.29, 1.82) is 0 Å². The molecule has 0 N–H and O–H groups in total. The molecule has 6 nitrogen and oxygen atoms in total. The molecule has 0 aromatic rings. The Morgan fingerprint density at radius 1 is 0.275 bits per heavy atom. The predicted octanol–water partition coefficient (Wildman–Crippen LogP) is 8.51. The summed E-state index contributed by atoms with van der Waals surface area (Å²) in [6.07, 6.45) is 12.2. The third kappa shape index (κ3) is 20.6. The molecule has 4 saturated heterocycles. The Morgan fingerprint density at radius 2 is 0.525 bits per heavy atom. The molecular formula is C34H68O6. The molecule has 5 rings (SSSR count). The maximum Gasteiger partial charge on any atom is 0.154 e. The van der Waals surface area contributed by atoms with Crippen molar-refractivity contribution in [3.05, 3.63) is 0 Å². The highest BCUT2D eigenvalue weighted by atomic mass is 16.7. The van der Waals surface area contributed by atoms with Crippen molar-refractivity contribution in [2.75, 3.05) is 39.6 Å². The first-order chi connectivity index (χ1) is 18.9. The van der Waals surface area contributed by atoms with Crippen LogP contribution < -0.4 is 0 Å². The van der Waals surface area contributed by atoms with Crippen molar-refractivity contribution in [3.63, 3.8) is 0 Å². The van der Waals surface area contributed by atoms with E-state index in [0.717, 1.165) is 63.3 Å². The highest BCUT2D eigenvalue weighted by molar-refractivity contribution is 4.66. The van der Waals surface area contributed by atoms with Crippen LogP contribution in [0, 0.1) is 35.5 Å². The van der Waals surface area contributed by atoms with Gasteiger partial charge in [0.25, 0.3) is 0 Å². The first kappa shape index (κ1) is 37.8. The number of hydrogen-bond acceptors (Lipinski definition) is 6. The summed E-state index contributed by atoms with van der Waals surface area (Å²) in [7, 11) is 0. The monoisotopic (exact) mass is 573 g/mol. The SMILES string of the molecule is CC1CCC(C)CC1.CC1CCC(C)OC1.CC1CCC(C)OC1.CC1COC(C)OC1.CC1COC(C)OC1. The third-order valence-corrected chi connectivity index (χ3v) is 8.23. The van der Waals surface area contributed by atoms with Gasteiger partial charge in [-0.1, -0.05) is 67.2 Å². The Morgan fingerprint density at radius 3 is 0.725 bits per heavy atom. The van der Waals surface area contributed by atoms with Crippen LogP contribution in [0.2, 0.25) is 0 Å². The van der Waals surface area contributed by atoms with Crippen LogP contribution in [-0.2, 0) is 28.4 Å². The molecule has 4 aliphatic heterocycles. The Labute approximate surface area is 248 Å². The van der Waals surface area contributed by atoms with E-state index in [9.17, 15) is 0 Å². The molecule has 0 amide bonds. The van der Waals surface area contributed by atoms with E-state index in [1.165, 1.54) is 51.4 Å². The average molecular weight is 573 g/mol. The average Bonchev–Trinajstić information content (AvgIpc) is 2.94. The van der Waals surface area contributed by atoms with E-state index in [-0.39, 0.29) is 12.6 Å². The van der Waals surface area contributed by atoms with Crippen molar-refractivity contribution >= 4 is 0 Å². The summed E-state index contributed by atoms with van der Waals surface area (Å²) in [5, 5.41) is 0. The molecule has 0 aromatic heterocycles. The Balaban J connectivity index is 0.000000250. The molecule has 40 heavy (non-hydrogen) atoms. The molecule has 5 fully saturated rings. The van der Waals surface area contributed by atoms with E-state index < -0.39 is 0 Å². The molecule has 6 heteroatoms. The molecule has 0 radical (unpaired) electrons. The minimum atomic E-state index is 0.0196. The summed E-state index contributed by atoms with van der Waals surface area (Å²) in [4.78, 5) is 0. The largest absolute Gasteiger partial charge is 0.378 e. The van der Waals surface area contributed by atoms with Gasteiger partial charge < -0.3 is 28.4 Å². The van der Waals surface area contributed by atoms with Crippen molar-refractivity contribution in [1.82, 2.24) is 0 Å². The Bertz CT molecular complexity index is 383. The van der Waals surface area contributed by atoms with Crippen LogP contribution in [0.25, 0.3) is 0 Å². The summed E-state index contributed by atoms with van der Waals surface area (Å²) >= 11 is 0. The lowest BCUT2D eigenvalue weighted by Gasteiger charge is -2.24. The summed E-state index contributed by atoms with van der Waals surface area (Å²) in [5.41, 5.74) is 0. The lowest BCUT2D eigenvalue weighted by molar-refractivity contribution is -0.187. The van der Waals surface area contributed by atoms with E-state index in [2.05, 4.69) is 55.4 Å². The van der Waals surface area contributed by atoms with E-state index in [0.29, 0.717) is 24.0 Å². The molecule has 1 aliphatic carbocycles. The normalized spacial score (nSPS) is 39.8. The number of ether oxygens (including phenoxy) is 6. The summed E-state index contributed by atoms with van der Waals surface area (Å²) < 4.78 is 31.5. The second-order valence-electron chi connectivity index (χ2n) is 13.7. The highest BCUT2D eigenvalue weighted by Crippen LogP contribution is 2.27. The first-order valence-corrected chi connectivity index (χ1v) is 16.6. The number of hydrogen-bond donors (Lipinski definition) is 0.